The second-order valence-electron chi connectivity index (χ2n) is 17.5. The van der Waals surface area contributed by atoms with E-state index in [0.29, 0.717) is 12.8 Å². The minimum Gasteiger partial charge on any atom is -0.481 e. The second kappa shape index (κ2) is 27.1. The van der Waals surface area contributed by atoms with E-state index < -0.39 is 102 Å². The number of amides is 6. The third-order valence-corrected chi connectivity index (χ3v) is 12.4. The molecule has 9 N–H and O–H groups in total. The molecule has 2 aromatic rings. The van der Waals surface area contributed by atoms with Gasteiger partial charge in [-0.1, -0.05) is 133 Å². The van der Waals surface area contributed by atoms with Crippen molar-refractivity contribution < 1.29 is 48.9 Å². The molecule has 0 bridgehead atoms. The largest absolute Gasteiger partial charge is 0.481 e. The van der Waals surface area contributed by atoms with Gasteiger partial charge in [0, 0.05) is 33.1 Å². The number of rotatable bonds is 26. The molecule has 0 aromatic heterocycles. The maximum atomic E-state index is 14.3. The van der Waals surface area contributed by atoms with Crippen LogP contribution in [0.4, 0.5) is 0 Å². The number of hydrogen-bond acceptors (Lipinski definition) is 9. The van der Waals surface area contributed by atoms with Gasteiger partial charge in [-0.2, -0.15) is 0 Å². The highest BCUT2D eigenvalue weighted by atomic mass is 16.4. The highest BCUT2D eigenvalue weighted by Crippen LogP contribution is 2.29. The molecule has 0 heterocycles. The Kier molecular flexibility index (Phi) is 22.4. The Morgan fingerprint density at radius 1 is 0.594 bits per heavy atom. The normalized spacial score (nSPS) is 17.6. The van der Waals surface area contributed by atoms with E-state index in [4.69, 9.17) is 0 Å². The number of carboxylic acid groups (broad SMARTS) is 1. The Bertz CT molecular complexity index is 1810. The van der Waals surface area contributed by atoms with Crippen LogP contribution >= 0.6 is 0 Å². The van der Waals surface area contributed by atoms with E-state index in [1.54, 1.807) is 44.2 Å². The molecule has 0 unspecified atom stereocenters. The fraction of sp³-hybridized carbons (Fsp3) is 0.604. The Balaban J connectivity index is 1.91. The molecule has 1 fully saturated rings. The lowest BCUT2D eigenvalue weighted by Crippen LogP contribution is -2.63. The van der Waals surface area contributed by atoms with Gasteiger partial charge in [-0.05, 0) is 41.7 Å². The average molecular weight is 893 g/mol. The predicted octanol–water partition coefficient (Wildman–Crippen LogP) is 3.07. The average Bonchev–Trinajstić information content (AvgIpc) is 3.27. The first kappa shape index (κ1) is 53.0. The summed E-state index contributed by atoms with van der Waals surface area (Å²) in [7, 11) is 0. The van der Waals surface area contributed by atoms with Crippen LogP contribution in [-0.2, 0) is 46.4 Å². The number of aliphatic hydroxyl groups excluding tert-OH is 2. The van der Waals surface area contributed by atoms with Gasteiger partial charge < -0.3 is 47.2 Å². The first-order chi connectivity index (χ1) is 30.4. The van der Waals surface area contributed by atoms with Crippen LogP contribution in [0.5, 0.6) is 0 Å². The van der Waals surface area contributed by atoms with Crippen LogP contribution in [-0.4, -0.2) is 105 Å². The number of carboxylic acids is 1. The van der Waals surface area contributed by atoms with Crippen molar-refractivity contribution in [2.45, 2.75) is 167 Å². The van der Waals surface area contributed by atoms with Gasteiger partial charge >= 0.3 is 5.97 Å². The molecule has 16 heteroatoms. The molecule has 10 atom stereocenters. The molecule has 0 aliphatic heterocycles. The van der Waals surface area contributed by atoms with Crippen LogP contribution < -0.4 is 31.9 Å². The fourth-order valence-electron chi connectivity index (χ4n) is 8.25. The summed E-state index contributed by atoms with van der Waals surface area (Å²) in [5, 5.41) is 50.3. The SMILES string of the molecule is CC[C@H](C)[C@H](NC(=O)[C@@H](NC(=O)[C@H](Cc1ccccc1)NC(C)=O)[C@@H](C)CC)[C@H](O)[C@@H](O)[C@H](CC1CCCCC1)NC(=O)[C@H](CCC(=O)O)NC(=O)[C@H](Cc1ccccc1)NC(C)=O. The molecule has 2 aromatic carbocycles. The third kappa shape index (κ3) is 17.7. The van der Waals surface area contributed by atoms with Gasteiger partial charge in [0.25, 0.3) is 0 Å². The first-order valence-corrected chi connectivity index (χ1v) is 22.8. The van der Waals surface area contributed by atoms with Crippen molar-refractivity contribution >= 4 is 41.4 Å². The van der Waals surface area contributed by atoms with E-state index in [0.717, 1.165) is 43.2 Å². The Morgan fingerprint density at radius 3 is 1.55 bits per heavy atom. The van der Waals surface area contributed by atoms with E-state index in [9.17, 15) is 48.9 Å². The van der Waals surface area contributed by atoms with Gasteiger partial charge in [-0.15, -0.1) is 0 Å². The number of hydrogen-bond donors (Lipinski definition) is 9. The maximum Gasteiger partial charge on any atom is 0.303 e. The molecule has 0 radical (unpaired) electrons. The number of benzene rings is 2. The predicted molar refractivity (Wildman–Crippen MR) is 242 cm³/mol. The van der Waals surface area contributed by atoms with Crippen molar-refractivity contribution in [3.63, 3.8) is 0 Å². The van der Waals surface area contributed by atoms with E-state index in [2.05, 4.69) is 31.9 Å². The summed E-state index contributed by atoms with van der Waals surface area (Å²) in [4.78, 5) is 92.0. The van der Waals surface area contributed by atoms with Gasteiger partial charge in [-0.25, -0.2) is 0 Å². The van der Waals surface area contributed by atoms with Crippen LogP contribution in [0.2, 0.25) is 0 Å². The number of carbonyl (C=O) groups is 7. The minimum atomic E-state index is -1.64. The maximum absolute atomic E-state index is 14.3. The molecule has 0 spiro atoms. The van der Waals surface area contributed by atoms with Crippen LogP contribution in [0.3, 0.4) is 0 Å². The summed E-state index contributed by atoms with van der Waals surface area (Å²) in [6.07, 6.45) is 2.00. The zero-order valence-electron chi connectivity index (χ0n) is 38.3. The first-order valence-electron chi connectivity index (χ1n) is 22.8. The van der Waals surface area contributed by atoms with E-state index in [1.807, 2.05) is 44.2 Å². The van der Waals surface area contributed by atoms with Crippen molar-refractivity contribution in [1.82, 2.24) is 31.9 Å². The quantitative estimate of drug-likeness (QED) is 0.0668. The molecule has 1 aliphatic rings. The monoisotopic (exact) mass is 893 g/mol. The molecule has 0 saturated heterocycles. The Labute approximate surface area is 377 Å². The Morgan fingerprint density at radius 2 is 1.08 bits per heavy atom. The van der Waals surface area contributed by atoms with Crippen molar-refractivity contribution in [2.24, 2.45) is 17.8 Å². The minimum absolute atomic E-state index is 0.0667. The number of carbonyl (C=O) groups excluding carboxylic acids is 6. The second-order valence-corrected chi connectivity index (χ2v) is 17.5. The topological polar surface area (TPSA) is 252 Å². The standard InChI is InChI=1S/C48H72N6O10/c1-7-29(3)41(53-48(64)42(30(4)8-2)54-47(63)39(50-32(6)56)28-35-22-16-11-17-23-35)44(60)43(59)37(26-33-18-12-9-13-19-33)52-45(61)36(24-25-40(57)58)51-46(62)38(49-31(5)55)27-34-20-14-10-15-21-34/h10-11,14-17,20-23,29-30,33,36-39,41-44,59-60H,7-9,12-13,18-19,24-28H2,1-6H3,(H,49,55)(H,50,56)(H,51,62)(H,52,61)(H,53,64)(H,54,63)(H,57,58)/t29-,30-,36-,37-,38-,39-,41-,42-,43-,44-/m0/s1. The summed E-state index contributed by atoms with van der Waals surface area (Å²) in [6, 6.07) is 11.4. The van der Waals surface area contributed by atoms with Gasteiger partial charge in [0.2, 0.25) is 35.4 Å². The zero-order chi connectivity index (χ0) is 47.3. The summed E-state index contributed by atoms with van der Waals surface area (Å²) in [5.41, 5.74) is 1.54. The summed E-state index contributed by atoms with van der Waals surface area (Å²) < 4.78 is 0. The molecule has 1 aliphatic carbocycles. The van der Waals surface area contributed by atoms with Crippen molar-refractivity contribution in [3.05, 3.63) is 71.8 Å². The van der Waals surface area contributed by atoms with Gasteiger partial charge in [-0.3, -0.25) is 33.6 Å². The summed E-state index contributed by atoms with van der Waals surface area (Å²) >= 11 is 0. The van der Waals surface area contributed by atoms with Crippen LogP contribution in [0.15, 0.2) is 60.7 Å². The molecular formula is C48H72N6O10. The van der Waals surface area contributed by atoms with E-state index in [-0.39, 0.29) is 37.5 Å². The van der Waals surface area contributed by atoms with Crippen molar-refractivity contribution in [2.75, 3.05) is 0 Å². The highest BCUT2D eigenvalue weighted by Gasteiger charge is 2.40. The lowest BCUT2D eigenvalue weighted by Gasteiger charge is -2.38. The van der Waals surface area contributed by atoms with Gasteiger partial charge in [0.1, 0.15) is 36.4 Å². The summed E-state index contributed by atoms with van der Waals surface area (Å²) in [6.45, 7) is 9.90. The molecule has 16 nitrogen and oxygen atoms in total. The molecule has 6 amide bonds. The van der Waals surface area contributed by atoms with E-state index >= 15 is 0 Å². The Hall–Kier alpha value is -5.35. The lowest BCUT2D eigenvalue weighted by atomic mass is 9.81. The number of aliphatic hydroxyl groups is 2. The van der Waals surface area contributed by atoms with Gasteiger partial charge in [0.05, 0.1) is 12.1 Å². The molecular weight excluding hydrogens is 821 g/mol. The number of aliphatic carboxylic acids is 1. The molecule has 1 saturated carbocycles. The smallest absolute Gasteiger partial charge is 0.303 e. The summed E-state index contributed by atoms with van der Waals surface area (Å²) in [5.74, 6) is -5.48. The van der Waals surface area contributed by atoms with Crippen molar-refractivity contribution in [1.29, 1.82) is 0 Å². The van der Waals surface area contributed by atoms with Crippen LogP contribution in [0.1, 0.15) is 117 Å². The molecule has 354 valence electrons. The van der Waals surface area contributed by atoms with E-state index in [1.165, 1.54) is 13.8 Å². The zero-order valence-corrected chi connectivity index (χ0v) is 38.3. The van der Waals surface area contributed by atoms with Crippen LogP contribution in [0.25, 0.3) is 0 Å². The van der Waals surface area contributed by atoms with Crippen molar-refractivity contribution in [3.8, 4) is 0 Å². The fourth-order valence-corrected chi connectivity index (χ4v) is 8.25. The third-order valence-electron chi connectivity index (χ3n) is 12.4. The number of nitrogens with one attached hydrogen (secondary N) is 6. The molecule has 64 heavy (non-hydrogen) atoms. The highest BCUT2D eigenvalue weighted by molar-refractivity contribution is 5.93. The van der Waals surface area contributed by atoms with Crippen LogP contribution in [0, 0.1) is 17.8 Å². The molecule has 3 rings (SSSR count). The van der Waals surface area contributed by atoms with Gasteiger partial charge in [0.15, 0.2) is 0 Å². The lowest BCUT2D eigenvalue weighted by molar-refractivity contribution is -0.138.